The molecule has 0 aliphatic carbocycles. The summed E-state index contributed by atoms with van der Waals surface area (Å²) in [5.74, 6) is 0.434. The molecule has 1 aliphatic heterocycles. The van der Waals surface area contributed by atoms with Gasteiger partial charge >= 0.3 is 0 Å². The van der Waals surface area contributed by atoms with E-state index in [9.17, 15) is 8.42 Å². The smallest absolute Gasteiger partial charge is 0.243 e. The Balaban J connectivity index is 1.34. The first-order chi connectivity index (χ1) is 14.8. The summed E-state index contributed by atoms with van der Waals surface area (Å²) < 4.78 is 27.9. The molecule has 4 rings (SSSR count). The summed E-state index contributed by atoms with van der Waals surface area (Å²) in [6.45, 7) is 7.78. The number of rotatable bonds is 6. The van der Waals surface area contributed by atoms with Gasteiger partial charge in [0.15, 0.2) is 5.13 Å². The minimum Gasteiger partial charge on any atom is -0.361 e. The molecule has 0 amide bonds. The molecule has 0 saturated carbocycles. The van der Waals surface area contributed by atoms with Crippen molar-refractivity contribution in [3.05, 3.63) is 65.4 Å². The van der Waals surface area contributed by atoms with Crippen LogP contribution in [-0.4, -0.2) is 37.3 Å². The lowest BCUT2D eigenvalue weighted by molar-refractivity contribution is 0.282. The molecule has 0 spiro atoms. The summed E-state index contributed by atoms with van der Waals surface area (Å²) in [5, 5.41) is 4.36. The molecular weight excluding hydrogens is 426 g/mol. The number of sulfonamides is 1. The minimum absolute atomic E-state index is 0.434. The number of aryl methyl sites for hydroxylation is 3. The molecule has 1 radical (unpaired) electrons. The maximum atomic E-state index is 13.1. The van der Waals surface area contributed by atoms with Gasteiger partial charge in [0.1, 0.15) is 0 Å². The summed E-state index contributed by atoms with van der Waals surface area (Å²) in [7, 11) is -3.44. The van der Waals surface area contributed by atoms with Crippen molar-refractivity contribution >= 4 is 26.5 Å². The highest BCUT2D eigenvalue weighted by Crippen LogP contribution is 2.32. The van der Waals surface area contributed by atoms with Crippen LogP contribution in [0.25, 0.3) is 10.4 Å². The molecular formula is C24H28N3O2S2. The Hall–Kier alpha value is -2.22. The molecule has 1 aliphatic rings. The first kappa shape index (κ1) is 22.0. The van der Waals surface area contributed by atoms with Crippen LogP contribution in [0.1, 0.15) is 29.5 Å². The Bertz CT molecular complexity index is 1160. The van der Waals surface area contributed by atoms with E-state index in [-0.39, 0.29) is 0 Å². The van der Waals surface area contributed by atoms with Crippen molar-refractivity contribution in [2.75, 3.05) is 25.0 Å². The molecule has 1 saturated heterocycles. The molecule has 2 aromatic carbocycles. The van der Waals surface area contributed by atoms with Crippen LogP contribution in [0.4, 0.5) is 5.13 Å². The third kappa shape index (κ3) is 4.84. The van der Waals surface area contributed by atoms with Gasteiger partial charge in [0.2, 0.25) is 10.0 Å². The van der Waals surface area contributed by atoms with Gasteiger partial charge < -0.3 is 5.32 Å². The number of aromatic nitrogens is 1. The highest BCUT2D eigenvalue weighted by atomic mass is 32.2. The van der Waals surface area contributed by atoms with Gasteiger partial charge in [-0.25, -0.2) is 13.4 Å². The fraction of sp³-hybridized carbons (Fsp3) is 0.375. The normalized spacial score (nSPS) is 15.8. The monoisotopic (exact) mass is 454 g/mol. The Labute approximate surface area is 189 Å². The lowest BCUT2D eigenvalue weighted by Gasteiger charge is -2.31. The van der Waals surface area contributed by atoms with Crippen molar-refractivity contribution in [2.24, 2.45) is 5.92 Å². The maximum absolute atomic E-state index is 13.1. The number of benzene rings is 2. The number of hydrogen-bond acceptors (Lipinski definition) is 5. The SMILES string of the molecule is Cc1ccc(C)c(S(=O)(=O)N2CCC(CNc3ncc(-c4ccc[c]c4C)s3)CC2)c1. The number of thiazole rings is 1. The number of piperidine rings is 1. The zero-order chi connectivity index (χ0) is 22.0. The van der Waals surface area contributed by atoms with Gasteiger partial charge in [0.05, 0.1) is 9.77 Å². The molecule has 0 bridgehead atoms. The van der Waals surface area contributed by atoms with E-state index >= 15 is 0 Å². The van der Waals surface area contributed by atoms with Gasteiger partial charge in [0.25, 0.3) is 0 Å². The topological polar surface area (TPSA) is 62.3 Å². The van der Waals surface area contributed by atoms with E-state index < -0.39 is 10.0 Å². The highest BCUT2D eigenvalue weighted by Gasteiger charge is 2.30. The molecule has 0 atom stereocenters. The van der Waals surface area contributed by atoms with Gasteiger partial charge in [-0.1, -0.05) is 41.7 Å². The van der Waals surface area contributed by atoms with Crippen LogP contribution >= 0.6 is 11.3 Å². The van der Waals surface area contributed by atoms with E-state index in [0.717, 1.165) is 51.6 Å². The number of hydrogen-bond donors (Lipinski definition) is 1. The second-order valence-electron chi connectivity index (χ2n) is 8.24. The van der Waals surface area contributed by atoms with Gasteiger partial charge in [-0.3, -0.25) is 0 Å². The van der Waals surface area contributed by atoms with Crippen molar-refractivity contribution in [3.8, 4) is 10.4 Å². The summed E-state index contributed by atoms with van der Waals surface area (Å²) in [6, 6.07) is 14.9. The maximum Gasteiger partial charge on any atom is 0.243 e. The number of anilines is 1. The summed E-state index contributed by atoms with van der Waals surface area (Å²) in [5.41, 5.74) is 4.06. The third-order valence-electron chi connectivity index (χ3n) is 5.91. The summed E-state index contributed by atoms with van der Waals surface area (Å²) in [4.78, 5) is 6.09. The lowest BCUT2D eigenvalue weighted by atomic mass is 9.98. The van der Waals surface area contributed by atoms with Gasteiger partial charge in [0, 0.05) is 25.8 Å². The Morgan fingerprint density at radius 1 is 1.19 bits per heavy atom. The van der Waals surface area contributed by atoms with Crippen molar-refractivity contribution in [3.63, 3.8) is 0 Å². The standard InChI is InChI=1S/C24H28N3O2S2/c1-17-8-9-19(3)23(14-17)31(28,29)27-12-10-20(11-13-27)15-25-24-26-16-22(30-24)21-7-5-4-6-18(21)2/h4-5,7-9,14,16,20H,10-13,15H2,1-3H3,(H,25,26). The van der Waals surface area contributed by atoms with Crippen LogP contribution in [0.5, 0.6) is 0 Å². The highest BCUT2D eigenvalue weighted by molar-refractivity contribution is 7.89. The molecule has 1 fully saturated rings. The fourth-order valence-corrected chi connectivity index (χ4v) is 6.66. The molecule has 2 heterocycles. The van der Waals surface area contributed by atoms with E-state index in [1.54, 1.807) is 21.7 Å². The Morgan fingerprint density at radius 2 is 1.97 bits per heavy atom. The second-order valence-corrected chi connectivity index (χ2v) is 11.2. The molecule has 0 unspecified atom stereocenters. The van der Waals surface area contributed by atoms with Gasteiger partial charge in [-0.2, -0.15) is 4.31 Å². The molecule has 1 N–H and O–H groups in total. The average Bonchev–Trinajstić information content (AvgIpc) is 3.23. The van der Waals surface area contributed by atoms with Crippen LogP contribution in [0, 0.1) is 32.8 Å². The minimum atomic E-state index is -3.44. The van der Waals surface area contributed by atoms with Gasteiger partial charge in [-0.15, -0.1) is 0 Å². The van der Waals surface area contributed by atoms with Gasteiger partial charge in [-0.05, 0) is 73.9 Å². The zero-order valence-corrected chi connectivity index (χ0v) is 19.8. The molecule has 31 heavy (non-hydrogen) atoms. The zero-order valence-electron chi connectivity index (χ0n) is 18.2. The van der Waals surface area contributed by atoms with Crippen molar-refractivity contribution in [2.45, 2.75) is 38.5 Å². The largest absolute Gasteiger partial charge is 0.361 e. The summed E-state index contributed by atoms with van der Waals surface area (Å²) >= 11 is 1.65. The fourth-order valence-electron chi connectivity index (χ4n) is 3.98. The van der Waals surface area contributed by atoms with Crippen molar-refractivity contribution in [1.29, 1.82) is 0 Å². The van der Waals surface area contributed by atoms with E-state index in [4.69, 9.17) is 0 Å². The van der Waals surface area contributed by atoms with E-state index in [0.29, 0.717) is 23.9 Å². The quantitative estimate of drug-likeness (QED) is 0.566. The van der Waals surface area contributed by atoms with Crippen LogP contribution in [0.15, 0.2) is 47.5 Å². The lowest BCUT2D eigenvalue weighted by Crippen LogP contribution is -2.40. The first-order valence-corrected chi connectivity index (χ1v) is 12.8. The van der Waals surface area contributed by atoms with Crippen molar-refractivity contribution in [1.82, 2.24) is 9.29 Å². The van der Waals surface area contributed by atoms with Crippen LogP contribution in [0.3, 0.4) is 0 Å². The number of nitrogens with one attached hydrogen (secondary N) is 1. The number of nitrogens with zero attached hydrogens (tertiary/aromatic N) is 2. The van der Waals surface area contributed by atoms with Crippen LogP contribution in [-0.2, 0) is 10.0 Å². The van der Waals surface area contributed by atoms with Crippen LogP contribution in [0.2, 0.25) is 0 Å². The third-order valence-corrected chi connectivity index (χ3v) is 8.94. The van der Waals surface area contributed by atoms with E-state index in [2.05, 4.69) is 29.4 Å². The Kier molecular flexibility index (Phi) is 6.46. The second kappa shape index (κ2) is 9.10. The Morgan fingerprint density at radius 3 is 2.71 bits per heavy atom. The molecule has 163 valence electrons. The first-order valence-electron chi connectivity index (χ1n) is 10.6. The predicted octanol–water partition coefficient (Wildman–Crippen LogP) is 5.05. The molecule has 7 heteroatoms. The molecule has 3 aromatic rings. The molecule has 1 aromatic heterocycles. The molecule has 5 nitrogen and oxygen atoms in total. The van der Waals surface area contributed by atoms with Crippen LogP contribution < -0.4 is 5.32 Å². The van der Waals surface area contributed by atoms with E-state index in [1.807, 2.05) is 44.3 Å². The predicted molar refractivity (Wildman–Crippen MR) is 127 cm³/mol. The van der Waals surface area contributed by atoms with E-state index in [1.165, 1.54) is 0 Å². The van der Waals surface area contributed by atoms with Crippen molar-refractivity contribution < 1.29 is 8.42 Å². The average molecular weight is 455 g/mol. The summed E-state index contributed by atoms with van der Waals surface area (Å²) in [6.07, 6.45) is 3.60.